The maximum absolute atomic E-state index is 12.2. The minimum absolute atomic E-state index is 0.131. The molecule has 0 atom stereocenters. The van der Waals surface area contributed by atoms with Crippen molar-refractivity contribution in [1.82, 2.24) is 5.32 Å². The molecule has 1 rings (SSSR count). The summed E-state index contributed by atoms with van der Waals surface area (Å²) in [6.07, 6.45) is -3.10. The average Bonchev–Trinajstić information content (AvgIpc) is 2.59. The minimum atomic E-state index is -5.47. The first-order chi connectivity index (χ1) is 12.6. The predicted octanol–water partition coefficient (Wildman–Crippen LogP) is 1.94. The molecule has 0 bridgehead atoms. The third kappa shape index (κ3) is 7.43. The number of carbonyl (C=O) groups is 2. The monoisotopic (exact) mass is 392 g/mol. The molecule has 7 nitrogen and oxygen atoms in total. The first kappa shape index (κ1) is 22.7. The van der Waals surface area contributed by atoms with Gasteiger partial charge in [-0.05, 0) is 25.0 Å². The number of hydrogen-bond acceptors (Lipinski definition) is 5. The van der Waals surface area contributed by atoms with E-state index in [-0.39, 0.29) is 18.9 Å². The van der Waals surface area contributed by atoms with E-state index in [0.717, 1.165) is 0 Å². The van der Waals surface area contributed by atoms with Gasteiger partial charge in [-0.2, -0.15) is 13.2 Å². The maximum Gasteiger partial charge on any atom is 0.453 e. The van der Waals surface area contributed by atoms with E-state index in [2.05, 4.69) is 5.32 Å². The molecule has 2 amide bonds. The van der Waals surface area contributed by atoms with Crippen LogP contribution in [0.5, 0.6) is 5.75 Å². The Morgan fingerprint density at radius 1 is 1.11 bits per heavy atom. The zero-order chi connectivity index (χ0) is 20.5. The normalized spacial score (nSPS) is 11.8. The predicted molar refractivity (Wildman–Crippen MR) is 90.9 cm³/mol. The lowest BCUT2D eigenvalue weighted by Crippen LogP contribution is -2.57. The summed E-state index contributed by atoms with van der Waals surface area (Å²) in [6.45, 7) is -0.131. The molecular weight excluding hydrogens is 369 g/mol. The van der Waals surface area contributed by atoms with E-state index in [1.807, 2.05) is 5.32 Å². The fourth-order valence-corrected chi connectivity index (χ4v) is 2.14. The van der Waals surface area contributed by atoms with Crippen molar-refractivity contribution in [3.63, 3.8) is 0 Å². The van der Waals surface area contributed by atoms with Crippen molar-refractivity contribution in [2.24, 2.45) is 0 Å². The van der Waals surface area contributed by atoms with E-state index < -0.39 is 17.9 Å². The minimum Gasteiger partial charge on any atom is -0.497 e. The second-order valence-corrected chi connectivity index (χ2v) is 5.87. The van der Waals surface area contributed by atoms with Crippen molar-refractivity contribution in [2.75, 3.05) is 19.0 Å². The summed E-state index contributed by atoms with van der Waals surface area (Å²) in [6, 6.07) is 6.91. The molecular formula is C17H23F3N2O5. The number of unbranched alkanes of at least 4 members (excludes halogenated alkanes) is 3. The number of aliphatic hydroxyl groups is 2. The van der Waals surface area contributed by atoms with Gasteiger partial charge in [0.2, 0.25) is 5.91 Å². The highest BCUT2D eigenvalue weighted by molar-refractivity contribution is 5.90. The van der Waals surface area contributed by atoms with E-state index in [4.69, 9.17) is 14.9 Å². The number of nitrogens with one attached hydrogen (secondary N) is 2. The van der Waals surface area contributed by atoms with Crippen LogP contribution in [0.3, 0.4) is 0 Å². The Hall–Kier alpha value is -2.33. The SMILES string of the molecule is COc1cccc(NC(=O)CCCCCCNC(=O)C(O)(O)C(F)(F)F)c1. The summed E-state index contributed by atoms with van der Waals surface area (Å²) in [5.41, 5.74) is 0.614. The molecule has 0 radical (unpaired) electrons. The molecule has 0 saturated heterocycles. The number of rotatable bonds is 10. The van der Waals surface area contributed by atoms with Gasteiger partial charge in [0.05, 0.1) is 7.11 Å². The van der Waals surface area contributed by atoms with Crippen molar-refractivity contribution in [3.8, 4) is 5.75 Å². The Morgan fingerprint density at radius 2 is 1.78 bits per heavy atom. The van der Waals surface area contributed by atoms with Crippen molar-refractivity contribution in [1.29, 1.82) is 0 Å². The first-order valence-corrected chi connectivity index (χ1v) is 8.31. The highest BCUT2D eigenvalue weighted by atomic mass is 19.4. The van der Waals surface area contributed by atoms with Crippen molar-refractivity contribution in [2.45, 2.75) is 44.1 Å². The van der Waals surface area contributed by atoms with Gasteiger partial charge in [-0.25, -0.2) is 0 Å². The molecule has 1 aromatic carbocycles. The summed E-state index contributed by atoms with van der Waals surface area (Å²) < 4.78 is 41.7. The Balaban J connectivity index is 2.16. The quantitative estimate of drug-likeness (QED) is 0.360. The molecule has 27 heavy (non-hydrogen) atoms. The fraction of sp³-hybridized carbons (Fsp3) is 0.529. The maximum atomic E-state index is 12.2. The van der Waals surface area contributed by atoms with E-state index >= 15 is 0 Å². The molecule has 4 N–H and O–H groups in total. The summed E-state index contributed by atoms with van der Waals surface area (Å²) in [5, 5.41) is 22.0. The lowest BCUT2D eigenvalue weighted by Gasteiger charge is -2.22. The lowest BCUT2D eigenvalue weighted by molar-refractivity contribution is -0.328. The van der Waals surface area contributed by atoms with Crippen LogP contribution >= 0.6 is 0 Å². The van der Waals surface area contributed by atoms with Crippen LogP contribution in [0.1, 0.15) is 32.1 Å². The molecule has 152 valence electrons. The standard InChI is InChI=1S/C17H23F3N2O5/c1-27-13-8-6-7-12(11-13)22-14(23)9-4-2-3-5-10-21-15(24)16(25,26)17(18,19)20/h6-8,11,25-26H,2-5,9-10H2,1H3,(H,21,24)(H,22,23). The number of halogens is 3. The number of ether oxygens (including phenoxy) is 1. The molecule has 0 spiro atoms. The van der Waals surface area contributed by atoms with Gasteiger partial charge in [-0.1, -0.05) is 18.9 Å². The molecule has 0 aliphatic carbocycles. The Bertz CT molecular complexity index is 635. The Labute approximate surface area is 154 Å². The molecule has 0 heterocycles. The first-order valence-electron chi connectivity index (χ1n) is 8.31. The number of alkyl halides is 3. The topological polar surface area (TPSA) is 108 Å². The number of anilines is 1. The van der Waals surface area contributed by atoms with E-state index in [9.17, 15) is 22.8 Å². The lowest BCUT2D eigenvalue weighted by atomic mass is 10.1. The number of methoxy groups -OCH3 is 1. The van der Waals surface area contributed by atoms with Gasteiger partial charge in [0.25, 0.3) is 5.91 Å². The van der Waals surface area contributed by atoms with Crippen LogP contribution in [0.25, 0.3) is 0 Å². The molecule has 0 fully saturated rings. The van der Waals surface area contributed by atoms with Crippen LogP contribution in [0, 0.1) is 0 Å². The third-order valence-electron chi connectivity index (χ3n) is 3.68. The second-order valence-electron chi connectivity index (χ2n) is 5.87. The van der Waals surface area contributed by atoms with Gasteiger partial charge in [-0.15, -0.1) is 0 Å². The highest BCUT2D eigenvalue weighted by Gasteiger charge is 2.58. The largest absolute Gasteiger partial charge is 0.497 e. The summed E-state index contributed by atoms with van der Waals surface area (Å²) >= 11 is 0. The second kappa shape index (κ2) is 10.1. The Morgan fingerprint density at radius 3 is 2.41 bits per heavy atom. The zero-order valence-corrected chi connectivity index (χ0v) is 14.8. The molecule has 0 saturated carbocycles. The van der Waals surface area contributed by atoms with Crippen LogP contribution in [-0.4, -0.2) is 47.6 Å². The highest BCUT2D eigenvalue weighted by Crippen LogP contribution is 2.28. The zero-order valence-electron chi connectivity index (χ0n) is 14.8. The van der Waals surface area contributed by atoms with Gasteiger partial charge in [-0.3, -0.25) is 9.59 Å². The molecule has 0 aliphatic rings. The van der Waals surface area contributed by atoms with Gasteiger partial charge in [0.15, 0.2) is 0 Å². The van der Waals surface area contributed by atoms with Crippen LogP contribution in [0.2, 0.25) is 0 Å². The van der Waals surface area contributed by atoms with Crippen LogP contribution in [-0.2, 0) is 9.59 Å². The van der Waals surface area contributed by atoms with Gasteiger partial charge in [0, 0.05) is 24.7 Å². The summed E-state index contributed by atoms with van der Waals surface area (Å²) in [4.78, 5) is 22.9. The molecule has 0 aliphatic heterocycles. The number of benzene rings is 1. The van der Waals surface area contributed by atoms with E-state index in [1.165, 1.54) is 7.11 Å². The van der Waals surface area contributed by atoms with Crippen molar-refractivity contribution in [3.05, 3.63) is 24.3 Å². The molecule has 0 aromatic heterocycles. The smallest absolute Gasteiger partial charge is 0.453 e. The molecule has 0 unspecified atom stereocenters. The Kier molecular flexibility index (Phi) is 8.51. The van der Waals surface area contributed by atoms with E-state index in [0.29, 0.717) is 37.1 Å². The van der Waals surface area contributed by atoms with Gasteiger partial charge in [0.1, 0.15) is 5.75 Å². The molecule has 1 aromatic rings. The van der Waals surface area contributed by atoms with Gasteiger partial charge < -0.3 is 25.6 Å². The number of amides is 2. The number of carbonyl (C=O) groups excluding carboxylic acids is 2. The van der Waals surface area contributed by atoms with Crippen LogP contribution < -0.4 is 15.4 Å². The summed E-state index contributed by atoms with van der Waals surface area (Å²) in [5.74, 6) is -5.86. The molecule has 10 heteroatoms. The van der Waals surface area contributed by atoms with Crippen molar-refractivity contribution >= 4 is 17.5 Å². The van der Waals surface area contributed by atoms with Crippen molar-refractivity contribution < 1.29 is 37.7 Å². The number of hydrogen-bond donors (Lipinski definition) is 4. The fourth-order valence-electron chi connectivity index (χ4n) is 2.14. The van der Waals surface area contributed by atoms with Gasteiger partial charge >= 0.3 is 12.0 Å². The van der Waals surface area contributed by atoms with Crippen LogP contribution in [0.4, 0.5) is 18.9 Å². The summed E-state index contributed by atoms with van der Waals surface area (Å²) in [7, 11) is 1.52. The third-order valence-corrected chi connectivity index (χ3v) is 3.68. The van der Waals surface area contributed by atoms with E-state index in [1.54, 1.807) is 24.3 Å². The average molecular weight is 392 g/mol. The van der Waals surface area contributed by atoms with Crippen LogP contribution in [0.15, 0.2) is 24.3 Å².